The Hall–Kier alpha value is -1.61. The van der Waals surface area contributed by atoms with Crippen molar-refractivity contribution in [1.29, 1.82) is 0 Å². The summed E-state index contributed by atoms with van der Waals surface area (Å²) in [6.45, 7) is 7.39. The zero-order valence-corrected chi connectivity index (χ0v) is 12.0. The summed E-state index contributed by atoms with van der Waals surface area (Å²) in [4.78, 5) is 11.5. The minimum Gasteiger partial charge on any atom is -0.434 e. The smallest absolute Gasteiger partial charge is 0.316 e. The molecule has 1 unspecified atom stereocenters. The maximum atomic E-state index is 11.5. The molecule has 1 rings (SSSR count). The predicted octanol–water partition coefficient (Wildman–Crippen LogP) is 3.52. The predicted molar refractivity (Wildman–Crippen MR) is 75.4 cm³/mol. The summed E-state index contributed by atoms with van der Waals surface area (Å²) in [6.07, 6.45) is 2.85. The Balaban J connectivity index is 2.44. The van der Waals surface area contributed by atoms with Gasteiger partial charge in [-0.2, -0.15) is 0 Å². The number of esters is 1. The number of aliphatic hydroxyl groups is 1. The maximum absolute atomic E-state index is 11.5. The van der Waals surface area contributed by atoms with Gasteiger partial charge in [-0.15, -0.1) is 0 Å². The van der Waals surface area contributed by atoms with Crippen LogP contribution in [0.3, 0.4) is 0 Å². The van der Waals surface area contributed by atoms with Gasteiger partial charge < -0.3 is 9.84 Å². The van der Waals surface area contributed by atoms with Crippen LogP contribution in [-0.2, 0) is 9.53 Å². The van der Waals surface area contributed by atoms with Gasteiger partial charge in [0.05, 0.1) is 17.8 Å². The lowest BCUT2D eigenvalue weighted by Crippen LogP contribution is -2.20. The zero-order valence-electron chi connectivity index (χ0n) is 12.0. The molecular formula is C16H22O3. The van der Waals surface area contributed by atoms with E-state index in [4.69, 9.17) is 4.74 Å². The number of rotatable bonds is 4. The Labute approximate surface area is 114 Å². The van der Waals surface area contributed by atoms with Gasteiger partial charge in [0.15, 0.2) is 0 Å². The fraction of sp³-hybridized carbons (Fsp3) is 0.438. The van der Waals surface area contributed by atoms with E-state index >= 15 is 0 Å². The fourth-order valence-corrected chi connectivity index (χ4v) is 1.40. The van der Waals surface area contributed by atoms with Crippen molar-refractivity contribution in [3.63, 3.8) is 0 Å². The van der Waals surface area contributed by atoms with Crippen molar-refractivity contribution in [3.8, 4) is 0 Å². The molecule has 0 amide bonds. The molecule has 0 spiro atoms. The highest BCUT2D eigenvalue weighted by Gasteiger charge is 2.22. The summed E-state index contributed by atoms with van der Waals surface area (Å²) in [5, 5.41) is 9.94. The molecule has 0 saturated carbocycles. The topological polar surface area (TPSA) is 46.5 Å². The molecule has 0 aromatic heterocycles. The second-order valence-electron chi connectivity index (χ2n) is 5.69. The Morgan fingerprint density at radius 3 is 2.42 bits per heavy atom. The third-order valence-corrected chi connectivity index (χ3v) is 2.71. The van der Waals surface area contributed by atoms with Gasteiger partial charge in [-0.1, -0.05) is 29.8 Å². The van der Waals surface area contributed by atoms with Crippen molar-refractivity contribution in [1.82, 2.24) is 0 Å². The normalized spacial score (nSPS) is 13.5. The molecule has 1 aromatic rings. The lowest BCUT2D eigenvalue weighted by molar-refractivity contribution is -0.146. The van der Waals surface area contributed by atoms with Crippen LogP contribution in [0.5, 0.6) is 0 Å². The molecule has 1 N–H and O–H groups in total. The molecule has 0 heterocycles. The highest BCUT2D eigenvalue weighted by molar-refractivity contribution is 5.75. The molecule has 1 aromatic carbocycles. The third-order valence-electron chi connectivity index (χ3n) is 2.71. The van der Waals surface area contributed by atoms with Crippen LogP contribution in [0.2, 0.25) is 0 Å². The van der Waals surface area contributed by atoms with Crippen molar-refractivity contribution >= 4 is 5.97 Å². The lowest BCUT2D eigenvalue weighted by Gasteiger charge is -2.14. The quantitative estimate of drug-likeness (QED) is 0.667. The highest BCUT2D eigenvalue weighted by atomic mass is 16.5. The molecule has 0 radical (unpaired) electrons. The minimum atomic E-state index is -0.579. The zero-order chi connectivity index (χ0) is 14.5. The van der Waals surface area contributed by atoms with E-state index in [2.05, 4.69) is 0 Å². The van der Waals surface area contributed by atoms with Crippen molar-refractivity contribution in [3.05, 3.63) is 47.7 Å². The van der Waals surface area contributed by atoms with Crippen LogP contribution >= 0.6 is 0 Å². The van der Waals surface area contributed by atoms with Gasteiger partial charge in [0, 0.05) is 0 Å². The molecule has 0 aliphatic rings. The second-order valence-corrected chi connectivity index (χ2v) is 5.69. The van der Waals surface area contributed by atoms with Crippen LogP contribution in [0, 0.1) is 12.3 Å². The van der Waals surface area contributed by atoms with Gasteiger partial charge in [-0.25, -0.2) is 0 Å². The van der Waals surface area contributed by atoms with Crippen LogP contribution in [0.1, 0.15) is 44.4 Å². The van der Waals surface area contributed by atoms with E-state index in [1.54, 1.807) is 26.8 Å². The summed E-state index contributed by atoms with van der Waals surface area (Å²) < 4.78 is 4.98. The summed E-state index contributed by atoms with van der Waals surface area (Å²) in [5.41, 5.74) is 1.50. The van der Waals surface area contributed by atoms with E-state index in [0.717, 1.165) is 11.1 Å². The number of ether oxygens (including phenoxy) is 1. The molecule has 1 atom stereocenters. The summed E-state index contributed by atoms with van der Waals surface area (Å²) in [6, 6.07) is 7.72. The number of benzene rings is 1. The maximum Gasteiger partial charge on any atom is 0.316 e. The molecule has 0 bridgehead atoms. The molecule has 0 saturated heterocycles. The fourth-order valence-electron chi connectivity index (χ4n) is 1.40. The standard InChI is InChI=1S/C16H22O3/c1-12-7-9-13(10-8-12)14(17)6-5-11-19-15(18)16(2,3)4/h5,7-11,14,17H,6H2,1-4H3/b11-5-. The molecule has 3 nitrogen and oxygen atoms in total. The average Bonchev–Trinajstić information content (AvgIpc) is 2.33. The molecule has 104 valence electrons. The molecular weight excluding hydrogens is 240 g/mol. The first-order valence-electron chi connectivity index (χ1n) is 6.41. The Kier molecular flexibility index (Phi) is 5.31. The third kappa shape index (κ3) is 5.26. The largest absolute Gasteiger partial charge is 0.434 e. The van der Waals surface area contributed by atoms with Crippen molar-refractivity contribution in [2.45, 2.75) is 40.2 Å². The molecule has 0 aliphatic heterocycles. The van der Waals surface area contributed by atoms with Crippen LogP contribution in [0.25, 0.3) is 0 Å². The lowest BCUT2D eigenvalue weighted by atomic mass is 9.97. The van der Waals surface area contributed by atoms with E-state index in [1.807, 2.05) is 31.2 Å². The number of aliphatic hydroxyl groups excluding tert-OH is 1. The Morgan fingerprint density at radius 1 is 1.32 bits per heavy atom. The summed E-state index contributed by atoms with van der Waals surface area (Å²) >= 11 is 0. The SMILES string of the molecule is Cc1ccc(C(O)C/C=C\OC(=O)C(C)(C)C)cc1. The highest BCUT2D eigenvalue weighted by Crippen LogP contribution is 2.18. The van der Waals surface area contributed by atoms with Crippen LogP contribution in [0.15, 0.2) is 36.6 Å². The number of hydrogen-bond donors (Lipinski definition) is 1. The van der Waals surface area contributed by atoms with Gasteiger partial charge in [-0.3, -0.25) is 4.79 Å². The van der Waals surface area contributed by atoms with Crippen molar-refractivity contribution < 1.29 is 14.6 Å². The van der Waals surface area contributed by atoms with Gasteiger partial charge in [0.25, 0.3) is 0 Å². The van der Waals surface area contributed by atoms with Crippen LogP contribution in [-0.4, -0.2) is 11.1 Å². The second kappa shape index (κ2) is 6.53. The molecule has 0 fully saturated rings. The van der Waals surface area contributed by atoms with Crippen LogP contribution < -0.4 is 0 Å². The van der Waals surface area contributed by atoms with E-state index in [9.17, 15) is 9.90 Å². The van der Waals surface area contributed by atoms with Gasteiger partial charge >= 0.3 is 5.97 Å². The van der Waals surface area contributed by atoms with Crippen molar-refractivity contribution in [2.24, 2.45) is 5.41 Å². The summed E-state index contributed by atoms with van der Waals surface area (Å²) in [7, 11) is 0. The number of hydrogen-bond acceptors (Lipinski definition) is 3. The first-order chi connectivity index (χ1) is 8.80. The Morgan fingerprint density at radius 2 is 1.89 bits per heavy atom. The first-order valence-corrected chi connectivity index (χ1v) is 6.41. The average molecular weight is 262 g/mol. The number of aryl methyl sites for hydroxylation is 1. The first kappa shape index (κ1) is 15.4. The number of carbonyl (C=O) groups excluding carboxylic acids is 1. The van der Waals surface area contributed by atoms with Gasteiger partial charge in [0.2, 0.25) is 0 Å². The minimum absolute atomic E-state index is 0.284. The molecule has 0 aliphatic carbocycles. The van der Waals surface area contributed by atoms with Crippen LogP contribution in [0.4, 0.5) is 0 Å². The van der Waals surface area contributed by atoms with Crippen molar-refractivity contribution in [2.75, 3.05) is 0 Å². The van der Waals surface area contributed by atoms with Gasteiger partial charge in [0.1, 0.15) is 0 Å². The Bertz CT molecular complexity index is 438. The monoisotopic (exact) mass is 262 g/mol. The van der Waals surface area contributed by atoms with E-state index < -0.39 is 11.5 Å². The van der Waals surface area contributed by atoms with Gasteiger partial charge in [-0.05, 0) is 45.8 Å². The van der Waals surface area contributed by atoms with E-state index in [0.29, 0.717) is 6.42 Å². The molecule has 19 heavy (non-hydrogen) atoms. The molecule has 3 heteroatoms. The van der Waals surface area contributed by atoms with E-state index in [1.165, 1.54) is 6.26 Å². The number of carbonyl (C=O) groups is 1. The summed E-state index contributed by atoms with van der Waals surface area (Å²) in [5.74, 6) is -0.284. The van der Waals surface area contributed by atoms with E-state index in [-0.39, 0.29) is 5.97 Å².